The molecule has 5 nitrogen and oxygen atoms in total. The number of aliphatic hydroxyl groups excluding tert-OH is 1. The lowest BCUT2D eigenvalue weighted by Gasteiger charge is -2.25. The van der Waals surface area contributed by atoms with Gasteiger partial charge in [0.25, 0.3) is 0 Å². The molecular weight excluding hydrogens is 256 g/mol. The zero-order chi connectivity index (χ0) is 14.4. The zero-order valence-electron chi connectivity index (χ0n) is 11.3. The van der Waals surface area contributed by atoms with Crippen LogP contribution in [0.25, 0.3) is 6.08 Å². The number of nitrogens with one attached hydrogen (secondary N) is 1. The minimum absolute atomic E-state index is 0.0729. The molecule has 1 aliphatic carbocycles. The Balaban J connectivity index is 1.77. The quantitative estimate of drug-likeness (QED) is 0.727. The maximum absolute atomic E-state index is 11.7. The molecule has 1 amide bonds. The van der Waals surface area contributed by atoms with Gasteiger partial charge in [0.1, 0.15) is 5.75 Å². The second kappa shape index (κ2) is 7.05. The standard InChI is InChI=1S/C15H20N2O3/c18-13-3-1-2-11(6-13)9-17-15(20)5-4-12-7-14(19)10-16-8-12/h4-5,7-8,10-11,13,18-19H,1-3,6,9H2,(H,17,20)/b5-4+. The first-order valence-electron chi connectivity index (χ1n) is 6.91. The summed E-state index contributed by atoms with van der Waals surface area (Å²) in [5, 5.41) is 21.7. The largest absolute Gasteiger partial charge is 0.506 e. The van der Waals surface area contributed by atoms with Crippen molar-refractivity contribution in [3.05, 3.63) is 30.1 Å². The predicted octanol–water partition coefficient (Wildman–Crippen LogP) is 1.47. The van der Waals surface area contributed by atoms with Crippen LogP contribution in [-0.4, -0.2) is 33.8 Å². The van der Waals surface area contributed by atoms with E-state index in [2.05, 4.69) is 10.3 Å². The first-order chi connectivity index (χ1) is 9.63. The lowest BCUT2D eigenvalue weighted by Crippen LogP contribution is -2.32. The molecule has 3 N–H and O–H groups in total. The molecule has 1 saturated carbocycles. The number of aromatic nitrogens is 1. The number of amides is 1. The monoisotopic (exact) mass is 276 g/mol. The number of pyridine rings is 1. The van der Waals surface area contributed by atoms with Gasteiger partial charge in [-0.3, -0.25) is 9.78 Å². The lowest BCUT2D eigenvalue weighted by molar-refractivity contribution is -0.116. The van der Waals surface area contributed by atoms with Gasteiger partial charge < -0.3 is 15.5 Å². The number of rotatable bonds is 4. The second-order valence-electron chi connectivity index (χ2n) is 5.24. The van der Waals surface area contributed by atoms with E-state index >= 15 is 0 Å². The van der Waals surface area contributed by atoms with Gasteiger partial charge in [0.15, 0.2) is 0 Å². The van der Waals surface area contributed by atoms with Gasteiger partial charge in [-0.15, -0.1) is 0 Å². The van der Waals surface area contributed by atoms with Crippen LogP contribution in [0.4, 0.5) is 0 Å². The molecule has 1 aromatic rings. The lowest BCUT2D eigenvalue weighted by atomic mass is 9.87. The van der Waals surface area contributed by atoms with E-state index in [4.69, 9.17) is 0 Å². The normalized spacial score (nSPS) is 22.9. The first kappa shape index (κ1) is 14.5. The van der Waals surface area contributed by atoms with E-state index in [0.29, 0.717) is 18.0 Å². The van der Waals surface area contributed by atoms with Gasteiger partial charge in [0.2, 0.25) is 5.91 Å². The van der Waals surface area contributed by atoms with E-state index in [1.807, 2.05) is 0 Å². The highest BCUT2D eigenvalue weighted by Crippen LogP contribution is 2.23. The fraction of sp³-hybridized carbons (Fsp3) is 0.467. The van der Waals surface area contributed by atoms with Gasteiger partial charge in [-0.2, -0.15) is 0 Å². The summed E-state index contributed by atoms with van der Waals surface area (Å²) in [6.45, 7) is 0.596. The van der Waals surface area contributed by atoms with Crippen molar-refractivity contribution in [2.45, 2.75) is 31.8 Å². The molecule has 0 radical (unpaired) electrons. The van der Waals surface area contributed by atoms with Gasteiger partial charge in [-0.25, -0.2) is 0 Å². The van der Waals surface area contributed by atoms with Crippen molar-refractivity contribution in [2.75, 3.05) is 6.54 Å². The number of hydrogen-bond acceptors (Lipinski definition) is 4. The summed E-state index contributed by atoms with van der Waals surface area (Å²) >= 11 is 0. The summed E-state index contributed by atoms with van der Waals surface area (Å²) in [5.74, 6) is 0.260. The van der Waals surface area contributed by atoms with E-state index < -0.39 is 0 Å². The summed E-state index contributed by atoms with van der Waals surface area (Å²) in [6, 6.07) is 1.54. The molecule has 1 heterocycles. The van der Waals surface area contributed by atoms with E-state index in [9.17, 15) is 15.0 Å². The number of aromatic hydroxyl groups is 1. The summed E-state index contributed by atoms with van der Waals surface area (Å²) in [6.07, 6.45) is 9.43. The average molecular weight is 276 g/mol. The van der Waals surface area contributed by atoms with E-state index in [-0.39, 0.29) is 17.8 Å². The first-order valence-corrected chi connectivity index (χ1v) is 6.91. The van der Waals surface area contributed by atoms with Crippen molar-refractivity contribution in [3.8, 4) is 5.75 Å². The van der Waals surface area contributed by atoms with Gasteiger partial charge in [0, 0.05) is 18.8 Å². The highest BCUT2D eigenvalue weighted by Gasteiger charge is 2.19. The molecule has 2 unspecified atom stereocenters. The fourth-order valence-corrected chi connectivity index (χ4v) is 2.46. The molecule has 0 aromatic carbocycles. The van der Waals surface area contributed by atoms with Crippen LogP contribution in [0.2, 0.25) is 0 Å². The number of carbonyl (C=O) groups is 1. The Hall–Kier alpha value is -1.88. The van der Waals surface area contributed by atoms with Crippen LogP contribution in [0.3, 0.4) is 0 Å². The molecule has 5 heteroatoms. The van der Waals surface area contributed by atoms with Gasteiger partial charge >= 0.3 is 0 Å². The molecule has 1 aliphatic rings. The molecule has 0 spiro atoms. The van der Waals surface area contributed by atoms with Crippen LogP contribution in [-0.2, 0) is 4.79 Å². The third-order valence-corrected chi connectivity index (χ3v) is 3.49. The number of carbonyl (C=O) groups excluding carboxylic acids is 1. The Morgan fingerprint density at radius 2 is 2.30 bits per heavy atom. The average Bonchev–Trinajstić information content (AvgIpc) is 2.43. The highest BCUT2D eigenvalue weighted by molar-refractivity contribution is 5.91. The van der Waals surface area contributed by atoms with Gasteiger partial charge in [-0.1, -0.05) is 6.42 Å². The predicted molar refractivity (Wildman–Crippen MR) is 75.9 cm³/mol. The molecular formula is C15H20N2O3. The Morgan fingerprint density at radius 3 is 3.05 bits per heavy atom. The molecule has 0 bridgehead atoms. The minimum Gasteiger partial charge on any atom is -0.506 e. The summed E-state index contributed by atoms with van der Waals surface area (Å²) < 4.78 is 0. The van der Waals surface area contributed by atoms with Gasteiger partial charge in [0.05, 0.1) is 12.3 Å². The third kappa shape index (κ3) is 4.66. The van der Waals surface area contributed by atoms with Crippen LogP contribution in [0.5, 0.6) is 5.75 Å². The van der Waals surface area contributed by atoms with E-state index in [1.54, 1.807) is 12.3 Å². The summed E-state index contributed by atoms with van der Waals surface area (Å²) in [7, 11) is 0. The van der Waals surface area contributed by atoms with Crippen molar-refractivity contribution in [1.29, 1.82) is 0 Å². The minimum atomic E-state index is -0.223. The molecule has 0 aliphatic heterocycles. The Bertz CT molecular complexity index is 488. The topological polar surface area (TPSA) is 82.5 Å². The number of hydrogen-bond donors (Lipinski definition) is 3. The number of nitrogens with zero attached hydrogens (tertiary/aromatic N) is 1. The van der Waals surface area contributed by atoms with Gasteiger partial charge in [-0.05, 0) is 42.9 Å². The Kier molecular flexibility index (Phi) is 5.12. The highest BCUT2D eigenvalue weighted by atomic mass is 16.3. The second-order valence-corrected chi connectivity index (χ2v) is 5.24. The van der Waals surface area contributed by atoms with Crippen LogP contribution in [0.15, 0.2) is 24.5 Å². The van der Waals surface area contributed by atoms with Crippen molar-refractivity contribution in [2.24, 2.45) is 5.92 Å². The molecule has 20 heavy (non-hydrogen) atoms. The van der Waals surface area contributed by atoms with Crippen LogP contribution < -0.4 is 5.32 Å². The molecule has 1 fully saturated rings. The summed E-state index contributed by atoms with van der Waals surface area (Å²) in [4.78, 5) is 15.5. The van der Waals surface area contributed by atoms with Crippen LogP contribution in [0, 0.1) is 5.92 Å². The SMILES string of the molecule is O=C(/C=C/c1cncc(O)c1)NCC1CCCC(O)C1. The van der Waals surface area contributed by atoms with Crippen molar-refractivity contribution < 1.29 is 15.0 Å². The van der Waals surface area contributed by atoms with Crippen LogP contribution in [0.1, 0.15) is 31.2 Å². The Labute approximate surface area is 118 Å². The molecule has 0 saturated heterocycles. The third-order valence-electron chi connectivity index (χ3n) is 3.49. The van der Waals surface area contributed by atoms with Crippen LogP contribution >= 0.6 is 0 Å². The molecule has 2 atom stereocenters. The molecule has 1 aromatic heterocycles. The maximum atomic E-state index is 11.7. The molecule has 2 rings (SSSR count). The Morgan fingerprint density at radius 1 is 1.45 bits per heavy atom. The smallest absolute Gasteiger partial charge is 0.244 e. The fourth-order valence-electron chi connectivity index (χ4n) is 2.46. The van der Waals surface area contributed by atoms with Crippen molar-refractivity contribution >= 4 is 12.0 Å². The van der Waals surface area contributed by atoms with Crippen molar-refractivity contribution in [1.82, 2.24) is 10.3 Å². The molecule has 108 valence electrons. The van der Waals surface area contributed by atoms with E-state index in [1.165, 1.54) is 18.3 Å². The number of aliphatic hydroxyl groups is 1. The summed E-state index contributed by atoms with van der Waals surface area (Å²) in [5.41, 5.74) is 0.674. The maximum Gasteiger partial charge on any atom is 0.244 e. The van der Waals surface area contributed by atoms with E-state index in [0.717, 1.165) is 25.7 Å². The zero-order valence-corrected chi connectivity index (χ0v) is 11.3. The van der Waals surface area contributed by atoms with Crippen molar-refractivity contribution in [3.63, 3.8) is 0 Å².